The molecule has 2 aliphatic rings. The third kappa shape index (κ3) is 4.93. The number of aryl methyl sites for hydroxylation is 1. The number of carbonyl (C=O) groups excluding carboxylic acids is 2. The number of aromatic nitrogens is 4. The molecule has 3 N–H and O–H groups in total. The second kappa shape index (κ2) is 9.67. The van der Waals surface area contributed by atoms with Gasteiger partial charge < -0.3 is 16.0 Å². The van der Waals surface area contributed by atoms with E-state index in [0.717, 1.165) is 37.8 Å². The Morgan fingerprint density at radius 2 is 2.03 bits per heavy atom. The first-order valence-electron chi connectivity index (χ1n) is 12.3. The maximum absolute atomic E-state index is 14.7. The van der Waals surface area contributed by atoms with Gasteiger partial charge in [0, 0.05) is 32.3 Å². The van der Waals surface area contributed by atoms with Gasteiger partial charge in [-0.05, 0) is 62.1 Å². The molecule has 0 unspecified atom stereocenters. The Kier molecular flexibility index (Phi) is 6.42. The Morgan fingerprint density at radius 3 is 2.69 bits per heavy atom. The van der Waals surface area contributed by atoms with Crippen molar-refractivity contribution in [1.29, 1.82) is 0 Å². The lowest BCUT2D eigenvalue weighted by Crippen LogP contribution is -2.44. The highest BCUT2D eigenvalue weighted by molar-refractivity contribution is 5.97. The van der Waals surface area contributed by atoms with Crippen LogP contribution >= 0.6 is 0 Å². The van der Waals surface area contributed by atoms with Crippen molar-refractivity contribution in [2.24, 2.45) is 18.7 Å². The maximum Gasteiger partial charge on any atom is 0.271 e. The number of ketones is 1. The minimum Gasteiger partial charge on any atom is -0.364 e. The average Bonchev–Trinajstić information content (AvgIpc) is 3.62. The number of hydrogen-bond acceptors (Lipinski definition) is 7. The number of nitrogens with zero attached hydrogens (tertiary/aromatic N) is 5. The number of halogens is 1. The number of piperidine rings is 1. The number of hydrogen-bond donors (Lipinski definition) is 2. The summed E-state index contributed by atoms with van der Waals surface area (Å²) < 4.78 is 16.3. The molecule has 0 spiro atoms. The topological polar surface area (TPSA) is 119 Å². The van der Waals surface area contributed by atoms with Crippen molar-refractivity contribution < 1.29 is 14.0 Å². The number of anilines is 3. The monoisotopic (exact) mass is 491 g/mol. The molecule has 1 saturated heterocycles. The van der Waals surface area contributed by atoms with E-state index in [9.17, 15) is 14.0 Å². The van der Waals surface area contributed by atoms with Gasteiger partial charge in [-0.2, -0.15) is 5.10 Å². The first-order valence-corrected chi connectivity index (χ1v) is 12.3. The number of nitrogens with one attached hydrogen (secondary N) is 1. The van der Waals surface area contributed by atoms with Crippen LogP contribution in [0, 0.1) is 11.7 Å². The van der Waals surface area contributed by atoms with Gasteiger partial charge in [0.1, 0.15) is 11.6 Å². The lowest BCUT2D eigenvalue weighted by molar-refractivity contribution is 0.0940. The molecule has 3 aromatic rings. The number of benzene rings is 1. The molecule has 2 atom stereocenters. The highest BCUT2D eigenvalue weighted by Gasteiger charge is 2.32. The molecule has 1 saturated carbocycles. The zero-order chi connectivity index (χ0) is 25.4. The lowest BCUT2D eigenvalue weighted by Gasteiger charge is -2.40. The normalized spacial score (nSPS) is 19.8. The van der Waals surface area contributed by atoms with Gasteiger partial charge in [-0.1, -0.05) is 6.07 Å². The number of nitrogens with two attached hydrogens (primary N) is 1. The van der Waals surface area contributed by atoms with Crippen LogP contribution < -0.4 is 16.0 Å². The van der Waals surface area contributed by atoms with Gasteiger partial charge in [0.15, 0.2) is 17.3 Å². The number of carbonyl (C=O) groups is 2. The van der Waals surface area contributed by atoms with Gasteiger partial charge in [-0.25, -0.2) is 14.4 Å². The first kappa shape index (κ1) is 23.9. The lowest BCUT2D eigenvalue weighted by atomic mass is 9.84. The summed E-state index contributed by atoms with van der Waals surface area (Å²) in [6, 6.07) is 5.02. The fourth-order valence-electron chi connectivity index (χ4n) is 5.00. The molecule has 188 valence electrons. The highest BCUT2D eigenvalue weighted by atomic mass is 19.1. The quantitative estimate of drug-likeness (QED) is 0.458. The van der Waals surface area contributed by atoms with E-state index in [1.165, 1.54) is 12.3 Å². The molecular weight excluding hydrogens is 461 g/mol. The van der Waals surface area contributed by atoms with E-state index >= 15 is 0 Å². The summed E-state index contributed by atoms with van der Waals surface area (Å²) in [5.41, 5.74) is 7.35. The Balaban J connectivity index is 1.34. The molecule has 2 fully saturated rings. The van der Waals surface area contributed by atoms with E-state index in [-0.39, 0.29) is 41.2 Å². The van der Waals surface area contributed by atoms with Crippen LogP contribution in [0.4, 0.5) is 21.7 Å². The zero-order valence-corrected chi connectivity index (χ0v) is 20.4. The van der Waals surface area contributed by atoms with Crippen LogP contribution in [0.25, 0.3) is 0 Å². The summed E-state index contributed by atoms with van der Waals surface area (Å²) in [6.07, 6.45) is 9.04. The molecule has 3 heterocycles. The van der Waals surface area contributed by atoms with E-state index in [2.05, 4.69) is 25.3 Å². The van der Waals surface area contributed by atoms with Crippen LogP contribution in [0.5, 0.6) is 0 Å². The number of rotatable bonds is 8. The van der Waals surface area contributed by atoms with Crippen molar-refractivity contribution >= 4 is 29.0 Å². The fraction of sp³-hybridized carbons (Fsp3) is 0.423. The van der Waals surface area contributed by atoms with Gasteiger partial charge in [-0.15, -0.1) is 0 Å². The zero-order valence-electron chi connectivity index (χ0n) is 20.4. The van der Waals surface area contributed by atoms with Crippen molar-refractivity contribution in [2.75, 3.05) is 16.8 Å². The molecule has 2 aromatic heterocycles. The van der Waals surface area contributed by atoms with Crippen molar-refractivity contribution in [3.05, 3.63) is 59.4 Å². The van der Waals surface area contributed by atoms with Crippen LogP contribution in [-0.4, -0.2) is 44.0 Å². The van der Waals surface area contributed by atoms with E-state index in [1.807, 2.05) is 13.0 Å². The molecule has 36 heavy (non-hydrogen) atoms. The Hall–Kier alpha value is -3.82. The average molecular weight is 492 g/mol. The first-order chi connectivity index (χ1) is 17.3. The predicted octanol–water partition coefficient (Wildman–Crippen LogP) is 3.95. The molecule has 9 nitrogen and oxygen atoms in total. The summed E-state index contributed by atoms with van der Waals surface area (Å²) >= 11 is 0. The van der Waals surface area contributed by atoms with E-state index in [4.69, 9.17) is 5.73 Å². The largest absolute Gasteiger partial charge is 0.364 e. The summed E-state index contributed by atoms with van der Waals surface area (Å²) in [4.78, 5) is 36.0. The molecule has 1 aromatic carbocycles. The van der Waals surface area contributed by atoms with E-state index in [1.54, 1.807) is 30.2 Å². The smallest absolute Gasteiger partial charge is 0.271 e. The second-order valence-electron chi connectivity index (χ2n) is 9.79. The van der Waals surface area contributed by atoms with E-state index < -0.39 is 11.7 Å². The molecule has 5 rings (SSSR count). The highest BCUT2D eigenvalue weighted by Crippen LogP contribution is 2.40. The molecule has 1 aliphatic carbocycles. The van der Waals surface area contributed by atoms with Gasteiger partial charge in [-0.3, -0.25) is 14.3 Å². The summed E-state index contributed by atoms with van der Waals surface area (Å²) in [6.45, 7) is 2.77. The molecule has 1 aliphatic heterocycles. The van der Waals surface area contributed by atoms with Crippen molar-refractivity contribution in [3.8, 4) is 0 Å². The third-order valence-electron chi connectivity index (χ3n) is 7.19. The van der Waals surface area contributed by atoms with E-state index in [0.29, 0.717) is 17.4 Å². The van der Waals surface area contributed by atoms with Crippen LogP contribution in [0.1, 0.15) is 71.4 Å². The molecule has 1 amide bonds. The molecule has 0 radical (unpaired) electrons. The molecule has 0 bridgehead atoms. The van der Waals surface area contributed by atoms with Crippen molar-refractivity contribution in [3.63, 3.8) is 0 Å². The SMILES string of the molecule is C[C@@H]1[C@H](CC(=O)c2ccc(C3CC3)cc2F)CCCN1c1cnc(C(N)=O)c(Nc2cnn(C)c2)n1. The van der Waals surface area contributed by atoms with Crippen molar-refractivity contribution in [2.45, 2.75) is 51.0 Å². The Morgan fingerprint density at radius 1 is 1.22 bits per heavy atom. The third-order valence-corrected chi connectivity index (χ3v) is 7.19. The molecule has 10 heteroatoms. The second-order valence-corrected chi connectivity index (χ2v) is 9.79. The standard InChI is InChI=1S/C26H30FN7O2/c1-15-17(11-22(35)20-8-7-18(10-21(20)27)16-5-6-16)4-3-9-34(15)23-13-29-24(25(28)36)26(32-23)31-19-12-30-33(2)14-19/h7-8,10,12-17H,3-6,9,11H2,1-2H3,(H2,28,36)(H,31,32)/t15-,17+/m1/s1. The van der Waals surface area contributed by atoms with Crippen LogP contribution in [0.2, 0.25) is 0 Å². The molecular formula is C26H30FN7O2. The van der Waals surface area contributed by atoms with Gasteiger partial charge in [0.25, 0.3) is 5.91 Å². The number of Topliss-reactive ketones (excluding diaryl/α,β-unsaturated/α-hetero) is 1. The minimum atomic E-state index is -0.690. The summed E-state index contributed by atoms with van der Waals surface area (Å²) in [5, 5.41) is 7.19. The Labute approximate surface area is 208 Å². The minimum absolute atomic E-state index is 0.0288. The van der Waals surface area contributed by atoms with Crippen LogP contribution in [-0.2, 0) is 7.05 Å². The summed E-state index contributed by atoms with van der Waals surface area (Å²) in [7, 11) is 1.78. The van der Waals surface area contributed by atoms with Crippen LogP contribution in [0.15, 0.2) is 36.8 Å². The predicted molar refractivity (Wildman–Crippen MR) is 134 cm³/mol. The van der Waals surface area contributed by atoms with Gasteiger partial charge in [0.05, 0.1) is 23.6 Å². The Bertz CT molecular complexity index is 1300. The summed E-state index contributed by atoms with van der Waals surface area (Å²) in [5.74, 6) is 0.000216. The fourth-order valence-corrected chi connectivity index (χ4v) is 5.00. The maximum atomic E-state index is 14.7. The number of primary amides is 1. The van der Waals surface area contributed by atoms with Gasteiger partial charge in [0.2, 0.25) is 0 Å². The van der Waals surface area contributed by atoms with Gasteiger partial charge >= 0.3 is 0 Å². The number of amides is 1. The van der Waals surface area contributed by atoms with Crippen molar-refractivity contribution in [1.82, 2.24) is 19.7 Å². The van der Waals surface area contributed by atoms with Crippen LogP contribution in [0.3, 0.4) is 0 Å².